The highest BCUT2D eigenvalue weighted by molar-refractivity contribution is 6.02. The molecule has 0 fully saturated rings. The molecule has 0 unspecified atom stereocenters. The van der Waals surface area contributed by atoms with Gasteiger partial charge in [-0.3, -0.25) is 4.79 Å². The molecule has 0 aromatic heterocycles. The lowest BCUT2D eigenvalue weighted by molar-refractivity contribution is -0.111. The molecule has 3 nitrogen and oxygen atoms in total. The molecule has 1 amide bonds. The smallest absolute Gasteiger partial charge is 0.248 e. The number of rotatable bonds is 3. The third-order valence-corrected chi connectivity index (χ3v) is 3.09. The Morgan fingerprint density at radius 2 is 1.65 bits per heavy atom. The number of benzene rings is 2. The Balaban J connectivity index is 2.07. The van der Waals surface area contributed by atoms with E-state index in [1.54, 1.807) is 6.08 Å². The average molecular weight is 266 g/mol. The number of nitrogen functional groups attached to an aromatic ring is 1. The molecular weight excluding hydrogens is 248 g/mol. The fraction of sp³-hybridized carbons (Fsp3) is 0.118. The molecule has 0 bridgehead atoms. The number of carbonyl (C=O) groups is 1. The summed E-state index contributed by atoms with van der Waals surface area (Å²) in [4.78, 5) is 11.9. The summed E-state index contributed by atoms with van der Waals surface area (Å²) in [6, 6.07) is 13.3. The summed E-state index contributed by atoms with van der Waals surface area (Å²) in [5.74, 6) is -0.140. The van der Waals surface area contributed by atoms with E-state index >= 15 is 0 Å². The van der Waals surface area contributed by atoms with Crippen molar-refractivity contribution in [2.75, 3.05) is 11.1 Å². The molecule has 0 saturated heterocycles. The van der Waals surface area contributed by atoms with E-state index in [0.29, 0.717) is 5.69 Å². The maximum Gasteiger partial charge on any atom is 0.248 e. The fourth-order valence-electron chi connectivity index (χ4n) is 1.96. The van der Waals surface area contributed by atoms with Gasteiger partial charge in [-0.05, 0) is 48.7 Å². The number of aryl methyl sites for hydroxylation is 2. The van der Waals surface area contributed by atoms with E-state index in [2.05, 4.69) is 5.32 Å². The summed E-state index contributed by atoms with van der Waals surface area (Å²) >= 11 is 0. The van der Waals surface area contributed by atoms with Gasteiger partial charge in [0.2, 0.25) is 5.91 Å². The molecule has 2 rings (SSSR count). The van der Waals surface area contributed by atoms with E-state index in [9.17, 15) is 4.79 Å². The molecule has 2 aromatic carbocycles. The zero-order chi connectivity index (χ0) is 14.5. The van der Waals surface area contributed by atoms with Crippen molar-refractivity contribution in [2.24, 2.45) is 0 Å². The second-order valence-corrected chi connectivity index (χ2v) is 4.76. The first-order valence-electron chi connectivity index (χ1n) is 6.47. The van der Waals surface area contributed by atoms with Gasteiger partial charge in [0.25, 0.3) is 0 Å². The number of nitrogens with two attached hydrogens (primary N) is 1. The summed E-state index contributed by atoms with van der Waals surface area (Å²) in [6.07, 6.45) is 3.29. The minimum Gasteiger partial charge on any atom is -0.399 e. The van der Waals surface area contributed by atoms with Gasteiger partial charge in [0.1, 0.15) is 0 Å². The zero-order valence-electron chi connectivity index (χ0n) is 11.7. The number of nitrogens with one attached hydrogen (secondary N) is 1. The number of anilines is 2. The van der Waals surface area contributed by atoms with Crippen LogP contribution in [0.1, 0.15) is 16.7 Å². The number of carbonyl (C=O) groups excluding carboxylic acids is 1. The summed E-state index contributed by atoms with van der Waals surface area (Å²) in [6.45, 7) is 3.96. The lowest BCUT2D eigenvalue weighted by atomic mass is 10.1. The van der Waals surface area contributed by atoms with Gasteiger partial charge in [-0.1, -0.05) is 30.3 Å². The maximum absolute atomic E-state index is 11.9. The van der Waals surface area contributed by atoms with E-state index in [-0.39, 0.29) is 5.91 Å². The van der Waals surface area contributed by atoms with E-state index in [4.69, 9.17) is 5.73 Å². The molecule has 3 heteroatoms. The Labute approximate surface area is 119 Å². The SMILES string of the molecule is Cc1cccc(C)c1NC(=O)/C=C/c1ccc(N)cc1. The first-order chi connectivity index (χ1) is 9.56. The molecule has 20 heavy (non-hydrogen) atoms. The van der Waals surface area contributed by atoms with Crippen molar-refractivity contribution in [2.45, 2.75) is 13.8 Å². The molecule has 0 radical (unpaired) electrons. The standard InChI is InChI=1S/C17H18N2O/c1-12-4-3-5-13(2)17(12)19-16(20)11-8-14-6-9-15(18)10-7-14/h3-11H,18H2,1-2H3,(H,19,20)/b11-8+. The van der Waals surface area contributed by atoms with Crippen LogP contribution in [-0.2, 0) is 4.79 Å². The second kappa shape index (κ2) is 6.06. The summed E-state index contributed by atoms with van der Waals surface area (Å²) in [5, 5.41) is 2.91. The van der Waals surface area contributed by atoms with Crippen molar-refractivity contribution in [3.8, 4) is 0 Å². The first kappa shape index (κ1) is 13.9. The van der Waals surface area contributed by atoms with Crippen LogP contribution in [-0.4, -0.2) is 5.91 Å². The van der Waals surface area contributed by atoms with Gasteiger partial charge < -0.3 is 11.1 Å². The molecule has 0 atom stereocenters. The van der Waals surface area contributed by atoms with Crippen LogP contribution in [0.3, 0.4) is 0 Å². The molecule has 0 aliphatic carbocycles. The van der Waals surface area contributed by atoms with Crippen molar-refractivity contribution < 1.29 is 4.79 Å². The van der Waals surface area contributed by atoms with Crippen molar-refractivity contribution in [1.82, 2.24) is 0 Å². The molecule has 0 aliphatic heterocycles. The van der Waals surface area contributed by atoms with Gasteiger partial charge in [0.15, 0.2) is 0 Å². The van der Waals surface area contributed by atoms with Crippen LogP contribution in [0.4, 0.5) is 11.4 Å². The Bertz CT molecular complexity index is 622. The van der Waals surface area contributed by atoms with Crippen LogP contribution in [0.25, 0.3) is 6.08 Å². The predicted molar refractivity (Wildman–Crippen MR) is 84.4 cm³/mol. The van der Waals surface area contributed by atoms with Crippen LogP contribution in [0.15, 0.2) is 48.5 Å². The highest BCUT2D eigenvalue weighted by atomic mass is 16.1. The van der Waals surface area contributed by atoms with E-state index < -0.39 is 0 Å². The highest BCUT2D eigenvalue weighted by Crippen LogP contribution is 2.19. The molecule has 102 valence electrons. The number of hydrogen-bond acceptors (Lipinski definition) is 2. The van der Waals surface area contributed by atoms with Gasteiger partial charge in [-0.2, -0.15) is 0 Å². The molecule has 0 aliphatic rings. The molecule has 0 saturated carbocycles. The summed E-state index contributed by atoms with van der Waals surface area (Å²) in [7, 11) is 0. The normalized spacial score (nSPS) is 10.7. The Kier molecular flexibility index (Phi) is 4.20. The fourth-order valence-corrected chi connectivity index (χ4v) is 1.96. The Morgan fingerprint density at radius 3 is 2.25 bits per heavy atom. The van der Waals surface area contributed by atoms with Gasteiger partial charge >= 0.3 is 0 Å². The molecule has 3 N–H and O–H groups in total. The van der Waals surface area contributed by atoms with Crippen LogP contribution in [0, 0.1) is 13.8 Å². The quantitative estimate of drug-likeness (QED) is 0.659. The maximum atomic E-state index is 11.9. The van der Waals surface area contributed by atoms with Gasteiger partial charge in [-0.15, -0.1) is 0 Å². The summed E-state index contributed by atoms with van der Waals surface area (Å²) < 4.78 is 0. The second-order valence-electron chi connectivity index (χ2n) is 4.76. The van der Waals surface area contributed by atoms with Crippen LogP contribution < -0.4 is 11.1 Å². The Hall–Kier alpha value is -2.55. The van der Waals surface area contributed by atoms with Gasteiger partial charge in [-0.25, -0.2) is 0 Å². The lowest BCUT2D eigenvalue weighted by Crippen LogP contribution is -2.10. The average Bonchev–Trinajstić information content (AvgIpc) is 2.42. The highest BCUT2D eigenvalue weighted by Gasteiger charge is 2.04. The topological polar surface area (TPSA) is 55.1 Å². The first-order valence-corrected chi connectivity index (χ1v) is 6.47. The van der Waals surface area contributed by atoms with E-state index in [0.717, 1.165) is 22.4 Å². The minimum atomic E-state index is -0.140. The third kappa shape index (κ3) is 3.48. The van der Waals surface area contributed by atoms with Crippen molar-refractivity contribution in [3.05, 3.63) is 65.2 Å². The summed E-state index contributed by atoms with van der Waals surface area (Å²) in [5.41, 5.74) is 10.2. The molecule has 0 heterocycles. The lowest BCUT2D eigenvalue weighted by Gasteiger charge is -2.09. The molecule has 0 spiro atoms. The minimum absolute atomic E-state index is 0.140. The van der Waals surface area contributed by atoms with Crippen molar-refractivity contribution in [3.63, 3.8) is 0 Å². The molecule has 2 aromatic rings. The van der Waals surface area contributed by atoms with E-state index in [1.807, 2.05) is 56.3 Å². The predicted octanol–water partition coefficient (Wildman–Crippen LogP) is 3.54. The van der Waals surface area contributed by atoms with Crippen LogP contribution in [0.5, 0.6) is 0 Å². The monoisotopic (exact) mass is 266 g/mol. The number of amides is 1. The molecular formula is C17H18N2O. The van der Waals surface area contributed by atoms with Gasteiger partial charge in [0, 0.05) is 17.5 Å². The van der Waals surface area contributed by atoms with E-state index in [1.165, 1.54) is 6.08 Å². The number of para-hydroxylation sites is 1. The van der Waals surface area contributed by atoms with Crippen LogP contribution in [0.2, 0.25) is 0 Å². The van der Waals surface area contributed by atoms with Crippen molar-refractivity contribution >= 4 is 23.4 Å². The zero-order valence-corrected chi connectivity index (χ0v) is 11.7. The Morgan fingerprint density at radius 1 is 1.05 bits per heavy atom. The largest absolute Gasteiger partial charge is 0.399 e. The third-order valence-electron chi connectivity index (χ3n) is 3.09. The van der Waals surface area contributed by atoms with Crippen LogP contribution >= 0.6 is 0 Å². The van der Waals surface area contributed by atoms with Gasteiger partial charge in [0.05, 0.1) is 0 Å². The number of hydrogen-bond donors (Lipinski definition) is 2. The van der Waals surface area contributed by atoms with Crippen molar-refractivity contribution in [1.29, 1.82) is 0 Å².